The third kappa shape index (κ3) is 2.18. The number of hydrogen-bond acceptors (Lipinski definition) is 2. The van der Waals surface area contributed by atoms with Crippen LogP contribution < -0.4 is 4.90 Å². The van der Waals surface area contributed by atoms with E-state index >= 15 is 0 Å². The largest absolute Gasteiger partial charge is 0.371 e. The van der Waals surface area contributed by atoms with Crippen molar-refractivity contribution in [2.75, 3.05) is 18.0 Å². The predicted molar refractivity (Wildman–Crippen MR) is 78.6 cm³/mol. The fourth-order valence-electron chi connectivity index (χ4n) is 3.94. The zero-order valence-electron chi connectivity index (χ0n) is 12.3. The van der Waals surface area contributed by atoms with Crippen molar-refractivity contribution in [3.8, 4) is 0 Å². The van der Waals surface area contributed by atoms with Crippen molar-refractivity contribution in [1.82, 2.24) is 0 Å². The van der Waals surface area contributed by atoms with Crippen LogP contribution in [-0.4, -0.2) is 18.9 Å². The number of hydrogen-bond donors (Lipinski definition) is 0. The van der Waals surface area contributed by atoms with Gasteiger partial charge in [-0.15, -0.1) is 0 Å². The molecule has 1 aliphatic heterocycles. The zero-order valence-corrected chi connectivity index (χ0v) is 12.3. The normalized spacial score (nSPS) is 29.3. The molecule has 0 aromatic heterocycles. The summed E-state index contributed by atoms with van der Waals surface area (Å²) in [5, 5.41) is 0. The Morgan fingerprint density at radius 1 is 1.21 bits per heavy atom. The van der Waals surface area contributed by atoms with Crippen LogP contribution in [0.25, 0.3) is 0 Å². The lowest BCUT2D eigenvalue weighted by Gasteiger charge is -2.27. The lowest BCUT2D eigenvalue weighted by Crippen LogP contribution is -2.27. The van der Waals surface area contributed by atoms with Crippen LogP contribution in [0.4, 0.5) is 5.69 Å². The number of nitrogens with zero attached hydrogens (tertiary/aromatic N) is 1. The quantitative estimate of drug-likeness (QED) is 0.754. The maximum absolute atomic E-state index is 11.5. The number of benzene rings is 1. The maximum atomic E-state index is 11.5. The summed E-state index contributed by atoms with van der Waals surface area (Å²) in [5.74, 6) is 2.76. The predicted octanol–water partition coefficient (Wildman–Crippen LogP) is 3.62. The lowest BCUT2D eigenvalue weighted by molar-refractivity contribution is 0.101. The molecule has 2 nitrogen and oxygen atoms in total. The molecule has 2 heteroatoms. The van der Waals surface area contributed by atoms with Crippen molar-refractivity contribution in [3.05, 3.63) is 29.8 Å². The molecule has 3 rings (SSSR count). The molecule has 1 aromatic rings. The molecular formula is C17H23NO. The average Bonchev–Trinajstić information content (AvgIpc) is 2.87. The Balaban J connectivity index is 1.72. The lowest BCUT2D eigenvalue weighted by atomic mass is 9.87. The van der Waals surface area contributed by atoms with Gasteiger partial charge in [-0.1, -0.05) is 32.9 Å². The second-order valence-electron chi connectivity index (χ2n) is 7.23. The highest BCUT2D eigenvalue weighted by Crippen LogP contribution is 2.60. The Labute approximate surface area is 115 Å². The number of anilines is 1. The second kappa shape index (κ2) is 4.09. The van der Waals surface area contributed by atoms with E-state index in [2.05, 4.69) is 31.7 Å². The summed E-state index contributed by atoms with van der Waals surface area (Å²) in [7, 11) is 0. The van der Waals surface area contributed by atoms with E-state index in [1.807, 2.05) is 18.2 Å². The molecule has 1 saturated carbocycles. The third-order valence-electron chi connectivity index (χ3n) is 4.81. The molecule has 0 N–H and O–H groups in total. The number of carbonyl (C=O) groups excluding carboxylic acids is 1. The molecule has 2 unspecified atom stereocenters. The van der Waals surface area contributed by atoms with Crippen molar-refractivity contribution in [2.45, 2.75) is 27.7 Å². The standard InChI is InChI=1S/C17H23NO/c1-11(19)12-6-5-7-13(8-12)18-9-14-15(10-18)16(14)17(2,3)4/h5-8,14-16H,9-10H2,1-4H3. The van der Waals surface area contributed by atoms with Gasteiger partial charge in [-0.25, -0.2) is 0 Å². The zero-order chi connectivity index (χ0) is 13.8. The monoisotopic (exact) mass is 257 g/mol. The van der Waals surface area contributed by atoms with Gasteiger partial charge >= 0.3 is 0 Å². The first-order valence-electron chi connectivity index (χ1n) is 7.24. The number of piperidine rings is 1. The molecule has 0 amide bonds. The smallest absolute Gasteiger partial charge is 0.159 e. The van der Waals surface area contributed by atoms with E-state index in [1.54, 1.807) is 6.92 Å². The van der Waals surface area contributed by atoms with Gasteiger partial charge in [0.15, 0.2) is 5.78 Å². The molecule has 102 valence electrons. The average molecular weight is 257 g/mol. The van der Waals surface area contributed by atoms with E-state index in [-0.39, 0.29) is 5.78 Å². The van der Waals surface area contributed by atoms with Crippen LogP contribution in [0.2, 0.25) is 0 Å². The molecular weight excluding hydrogens is 234 g/mol. The summed E-state index contributed by atoms with van der Waals surface area (Å²) in [6.45, 7) is 11.0. The molecule has 0 bridgehead atoms. The van der Waals surface area contributed by atoms with Crippen molar-refractivity contribution >= 4 is 11.5 Å². The first-order valence-corrected chi connectivity index (χ1v) is 7.24. The molecule has 1 aliphatic carbocycles. The Hall–Kier alpha value is -1.31. The van der Waals surface area contributed by atoms with Gasteiger partial charge in [0.1, 0.15) is 0 Å². The highest BCUT2D eigenvalue weighted by atomic mass is 16.1. The van der Waals surface area contributed by atoms with Crippen LogP contribution in [0.15, 0.2) is 24.3 Å². The molecule has 0 radical (unpaired) electrons. The van der Waals surface area contributed by atoms with Gasteiger partial charge in [0.25, 0.3) is 0 Å². The van der Waals surface area contributed by atoms with Crippen LogP contribution in [-0.2, 0) is 0 Å². The summed E-state index contributed by atoms with van der Waals surface area (Å²) < 4.78 is 0. The minimum Gasteiger partial charge on any atom is -0.371 e. The first kappa shape index (κ1) is 12.7. The number of rotatable bonds is 2. The van der Waals surface area contributed by atoms with Gasteiger partial charge in [-0.05, 0) is 42.2 Å². The number of ketones is 1. The molecule has 0 spiro atoms. The molecule has 1 heterocycles. The van der Waals surface area contributed by atoms with Crippen molar-refractivity contribution in [2.24, 2.45) is 23.2 Å². The van der Waals surface area contributed by atoms with E-state index in [0.29, 0.717) is 5.41 Å². The Morgan fingerprint density at radius 2 is 1.84 bits per heavy atom. The molecule has 19 heavy (non-hydrogen) atoms. The van der Waals surface area contributed by atoms with Crippen LogP contribution in [0, 0.1) is 23.2 Å². The van der Waals surface area contributed by atoms with E-state index in [4.69, 9.17) is 0 Å². The van der Waals surface area contributed by atoms with E-state index in [0.717, 1.165) is 36.4 Å². The molecule has 2 aliphatic rings. The summed E-state index contributed by atoms with van der Waals surface area (Å²) >= 11 is 0. The highest BCUT2D eigenvalue weighted by Gasteiger charge is 2.59. The Bertz CT molecular complexity index is 502. The number of Topliss-reactive ketones (excluding diaryl/α,β-unsaturated/α-hetero) is 1. The SMILES string of the molecule is CC(=O)c1cccc(N2CC3C(C2)C3C(C)(C)C)c1. The summed E-state index contributed by atoms with van der Waals surface area (Å²) in [6, 6.07) is 8.07. The third-order valence-corrected chi connectivity index (χ3v) is 4.81. The molecule has 1 saturated heterocycles. The van der Waals surface area contributed by atoms with Crippen molar-refractivity contribution < 1.29 is 4.79 Å². The fourth-order valence-corrected chi connectivity index (χ4v) is 3.94. The van der Waals surface area contributed by atoms with Crippen LogP contribution in [0.1, 0.15) is 38.1 Å². The van der Waals surface area contributed by atoms with Gasteiger partial charge in [-0.3, -0.25) is 4.79 Å². The summed E-state index contributed by atoms with van der Waals surface area (Å²) in [4.78, 5) is 13.9. The Kier molecular flexibility index (Phi) is 2.74. The van der Waals surface area contributed by atoms with Gasteiger partial charge in [0.2, 0.25) is 0 Å². The van der Waals surface area contributed by atoms with E-state index < -0.39 is 0 Å². The molecule has 1 aromatic carbocycles. The maximum Gasteiger partial charge on any atom is 0.159 e. The summed E-state index contributed by atoms with van der Waals surface area (Å²) in [5.41, 5.74) is 2.49. The van der Waals surface area contributed by atoms with Crippen molar-refractivity contribution in [1.29, 1.82) is 0 Å². The highest BCUT2D eigenvalue weighted by molar-refractivity contribution is 5.95. The topological polar surface area (TPSA) is 20.3 Å². The second-order valence-corrected chi connectivity index (χ2v) is 7.23. The number of fused-ring (bicyclic) bond motifs is 1. The minimum absolute atomic E-state index is 0.152. The Morgan fingerprint density at radius 3 is 2.37 bits per heavy atom. The van der Waals surface area contributed by atoms with Crippen molar-refractivity contribution in [3.63, 3.8) is 0 Å². The first-order chi connectivity index (χ1) is 8.88. The van der Waals surface area contributed by atoms with E-state index in [1.165, 1.54) is 5.69 Å². The van der Waals surface area contributed by atoms with Crippen LogP contribution >= 0.6 is 0 Å². The van der Waals surface area contributed by atoms with Crippen LogP contribution in [0.3, 0.4) is 0 Å². The van der Waals surface area contributed by atoms with Gasteiger partial charge in [0, 0.05) is 24.3 Å². The number of carbonyl (C=O) groups is 1. The van der Waals surface area contributed by atoms with Crippen LogP contribution in [0.5, 0.6) is 0 Å². The molecule has 2 fully saturated rings. The van der Waals surface area contributed by atoms with Gasteiger partial charge in [0.05, 0.1) is 0 Å². The van der Waals surface area contributed by atoms with E-state index in [9.17, 15) is 4.79 Å². The summed E-state index contributed by atoms with van der Waals surface area (Å²) in [6.07, 6.45) is 0. The fraction of sp³-hybridized carbons (Fsp3) is 0.588. The molecule has 2 atom stereocenters. The minimum atomic E-state index is 0.152. The van der Waals surface area contributed by atoms with Gasteiger partial charge < -0.3 is 4.90 Å². The van der Waals surface area contributed by atoms with Gasteiger partial charge in [-0.2, -0.15) is 0 Å².